The highest BCUT2D eigenvalue weighted by Gasteiger charge is 2.19. The number of nitrogens with two attached hydrogens (primary N) is 1. The van der Waals surface area contributed by atoms with Crippen molar-refractivity contribution in [3.05, 3.63) is 30.0 Å². The molecule has 0 spiro atoms. The number of hydrogen-bond donors (Lipinski definition) is 2. The number of rotatable bonds is 3. The van der Waals surface area contributed by atoms with Gasteiger partial charge in [-0.3, -0.25) is 5.10 Å². The van der Waals surface area contributed by atoms with Crippen LogP contribution in [0.3, 0.4) is 0 Å². The topological polar surface area (TPSA) is 90.2 Å². The Hall–Kier alpha value is -2.50. The van der Waals surface area contributed by atoms with Crippen molar-refractivity contribution in [1.29, 1.82) is 0 Å². The molecule has 6 nitrogen and oxygen atoms in total. The van der Waals surface area contributed by atoms with Crippen LogP contribution in [-0.2, 0) is 4.74 Å². The number of methoxy groups -OCH3 is 2. The van der Waals surface area contributed by atoms with Crippen molar-refractivity contribution in [3.8, 4) is 16.9 Å². The molecule has 0 saturated carbocycles. The van der Waals surface area contributed by atoms with Gasteiger partial charge in [-0.15, -0.1) is 0 Å². The predicted octanol–water partition coefficient (Wildman–Crippen LogP) is 1.45. The molecule has 0 unspecified atom stereocenters. The summed E-state index contributed by atoms with van der Waals surface area (Å²) in [5.41, 5.74) is 7.29. The zero-order valence-electron chi connectivity index (χ0n) is 10.1. The van der Waals surface area contributed by atoms with Gasteiger partial charge in [-0.25, -0.2) is 4.79 Å². The quantitative estimate of drug-likeness (QED) is 0.801. The van der Waals surface area contributed by atoms with E-state index in [0.29, 0.717) is 5.56 Å². The first-order valence-corrected chi connectivity index (χ1v) is 5.24. The largest absolute Gasteiger partial charge is 0.497 e. The molecule has 0 fully saturated rings. The van der Waals surface area contributed by atoms with E-state index in [2.05, 4.69) is 14.9 Å². The maximum absolute atomic E-state index is 11.6. The van der Waals surface area contributed by atoms with Crippen LogP contribution in [-0.4, -0.2) is 30.4 Å². The van der Waals surface area contributed by atoms with E-state index in [1.54, 1.807) is 31.4 Å². The number of benzene rings is 1. The Morgan fingerprint density at radius 2 is 1.94 bits per heavy atom. The molecule has 0 bridgehead atoms. The summed E-state index contributed by atoms with van der Waals surface area (Å²) < 4.78 is 9.74. The van der Waals surface area contributed by atoms with Crippen LogP contribution in [0.5, 0.6) is 5.75 Å². The third-order valence-electron chi connectivity index (χ3n) is 2.56. The summed E-state index contributed by atoms with van der Waals surface area (Å²) in [4.78, 5) is 11.6. The Morgan fingerprint density at radius 1 is 1.28 bits per heavy atom. The first kappa shape index (κ1) is 12.0. The molecular weight excluding hydrogens is 234 g/mol. The number of anilines is 1. The molecule has 0 amide bonds. The van der Waals surface area contributed by atoms with Gasteiger partial charge >= 0.3 is 5.97 Å². The predicted molar refractivity (Wildman–Crippen MR) is 66.3 cm³/mol. The normalized spacial score (nSPS) is 10.1. The van der Waals surface area contributed by atoms with E-state index in [9.17, 15) is 4.79 Å². The number of carbonyl (C=O) groups excluding carboxylic acids is 1. The fourth-order valence-electron chi connectivity index (χ4n) is 1.66. The summed E-state index contributed by atoms with van der Waals surface area (Å²) >= 11 is 0. The molecule has 0 atom stereocenters. The second-order valence-electron chi connectivity index (χ2n) is 3.58. The van der Waals surface area contributed by atoms with Gasteiger partial charge in [0, 0.05) is 0 Å². The minimum atomic E-state index is -0.509. The Bertz CT molecular complexity index is 560. The van der Waals surface area contributed by atoms with E-state index >= 15 is 0 Å². The number of nitrogens with one attached hydrogen (secondary N) is 1. The molecule has 3 N–H and O–H groups in total. The third kappa shape index (κ3) is 2.00. The lowest BCUT2D eigenvalue weighted by molar-refractivity contribution is 0.0595. The molecule has 6 heteroatoms. The molecule has 1 aromatic carbocycles. The summed E-state index contributed by atoms with van der Waals surface area (Å²) in [5, 5.41) is 6.40. The van der Waals surface area contributed by atoms with Crippen LogP contribution in [0, 0.1) is 0 Å². The molecule has 0 radical (unpaired) electrons. The third-order valence-corrected chi connectivity index (χ3v) is 2.56. The Kier molecular flexibility index (Phi) is 3.18. The number of H-pyrrole nitrogens is 1. The molecule has 1 aromatic heterocycles. The highest BCUT2D eigenvalue weighted by atomic mass is 16.5. The number of nitrogens with zero attached hydrogens (tertiary/aromatic N) is 1. The van der Waals surface area contributed by atoms with Crippen LogP contribution in [0.15, 0.2) is 24.3 Å². The fourth-order valence-corrected chi connectivity index (χ4v) is 1.66. The maximum Gasteiger partial charge on any atom is 0.356 e. The van der Waals surface area contributed by atoms with E-state index < -0.39 is 5.97 Å². The molecule has 0 aliphatic rings. The van der Waals surface area contributed by atoms with Gasteiger partial charge in [-0.2, -0.15) is 5.10 Å². The Balaban J connectivity index is 2.48. The monoisotopic (exact) mass is 247 g/mol. The molecule has 1 heterocycles. The average molecular weight is 247 g/mol. The number of ether oxygens (including phenoxy) is 2. The van der Waals surface area contributed by atoms with Gasteiger partial charge < -0.3 is 15.2 Å². The number of esters is 1. The molecule has 0 saturated heterocycles. The standard InChI is InChI=1S/C12H13N3O3/c1-17-8-5-3-7(4-6-8)9-10(12(16)18-2)14-15-11(9)13/h3-6H,1-2H3,(H3,13,14,15). The summed E-state index contributed by atoms with van der Waals surface area (Å²) in [7, 11) is 2.89. The second-order valence-corrected chi connectivity index (χ2v) is 3.58. The molecule has 94 valence electrons. The van der Waals surface area contributed by atoms with E-state index in [1.165, 1.54) is 7.11 Å². The second kappa shape index (κ2) is 4.79. The fraction of sp³-hybridized carbons (Fsp3) is 0.167. The van der Waals surface area contributed by atoms with E-state index in [4.69, 9.17) is 10.5 Å². The summed E-state index contributed by atoms with van der Waals surface area (Å²) in [5.74, 6) is 0.464. The molecule has 2 aromatic rings. The lowest BCUT2D eigenvalue weighted by Crippen LogP contribution is -2.03. The molecule has 18 heavy (non-hydrogen) atoms. The lowest BCUT2D eigenvalue weighted by Gasteiger charge is -2.04. The molecular formula is C12H13N3O3. The van der Waals surface area contributed by atoms with Gasteiger partial charge in [0.1, 0.15) is 5.75 Å². The van der Waals surface area contributed by atoms with Gasteiger partial charge in [-0.05, 0) is 17.7 Å². The van der Waals surface area contributed by atoms with Crippen molar-refractivity contribution in [3.63, 3.8) is 0 Å². The highest BCUT2D eigenvalue weighted by molar-refractivity contribution is 5.98. The van der Waals surface area contributed by atoms with Gasteiger partial charge in [0.15, 0.2) is 11.5 Å². The smallest absolute Gasteiger partial charge is 0.356 e. The van der Waals surface area contributed by atoms with Crippen LogP contribution < -0.4 is 10.5 Å². The number of aromatic nitrogens is 2. The van der Waals surface area contributed by atoms with Crippen molar-refractivity contribution in [2.24, 2.45) is 0 Å². The van der Waals surface area contributed by atoms with E-state index in [1.807, 2.05) is 0 Å². The first-order chi connectivity index (χ1) is 8.67. The number of nitrogen functional groups attached to an aromatic ring is 1. The lowest BCUT2D eigenvalue weighted by atomic mass is 10.1. The zero-order valence-corrected chi connectivity index (χ0v) is 10.1. The van der Waals surface area contributed by atoms with Crippen molar-refractivity contribution >= 4 is 11.8 Å². The van der Waals surface area contributed by atoms with Crippen LogP contribution in [0.2, 0.25) is 0 Å². The van der Waals surface area contributed by atoms with Crippen LogP contribution >= 0.6 is 0 Å². The summed E-state index contributed by atoms with van der Waals surface area (Å²) in [6.45, 7) is 0. The molecule has 0 aliphatic carbocycles. The Labute approximate surface area is 104 Å². The minimum absolute atomic E-state index is 0.236. The van der Waals surface area contributed by atoms with Crippen molar-refractivity contribution in [2.75, 3.05) is 20.0 Å². The van der Waals surface area contributed by atoms with Gasteiger partial charge in [-0.1, -0.05) is 12.1 Å². The maximum atomic E-state index is 11.6. The zero-order chi connectivity index (χ0) is 13.1. The van der Waals surface area contributed by atoms with E-state index in [0.717, 1.165) is 11.3 Å². The van der Waals surface area contributed by atoms with Crippen molar-refractivity contribution in [2.45, 2.75) is 0 Å². The summed E-state index contributed by atoms with van der Waals surface area (Å²) in [6, 6.07) is 7.16. The van der Waals surface area contributed by atoms with Gasteiger partial charge in [0.25, 0.3) is 0 Å². The molecule has 0 aliphatic heterocycles. The van der Waals surface area contributed by atoms with Gasteiger partial charge in [0.2, 0.25) is 0 Å². The van der Waals surface area contributed by atoms with Gasteiger partial charge in [0.05, 0.1) is 19.8 Å². The SMILES string of the molecule is COC(=O)c1[nH]nc(N)c1-c1ccc(OC)cc1. The van der Waals surface area contributed by atoms with Crippen molar-refractivity contribution in [1.82, 2.24) is 10.2 Å². The Morgan fingerprint density at radius 3 is 2.50 bits per heavy atom. The van der Waals surface area contributed by atoms with Crippen LogP contribution in [0.25, 0.3) is 11.1 Å². The van der Waals surface area contributed by atoms with Crippen LogP contribution in [0.4, 0.5) is 5.82 Å². The highest BCUT2D eigenvalue weighted by Crippen LogP contribution is 2.29. The number of hydrogen-bond acceptors (Lipinski definition) is 5. The molecule has 2 rings (SSSR count). The van der Waals surface area contributed by atoms with E-state index in [-0.39, 0.29) is 11.5 Å². The van der Waals surface area contributed by atoms with Crippen molar-refractivity contribution < 1.29 is 14.3 Å². The first-order valence-electron chi connectivity index (χ1n) is 5.24. The number of carbonyl (C=O) groups is 1. The average Bonchev–Trinajstić information content (AvgIpc) is 2.80. The number of aromatic amines is 1. The summed E-state index contributed by atoms with van der Waals surface area (Å²) in [6.07, 6.45) is 0. The van der Waals surface area contributed by atoms with Crippen LogP contribution in [0.1, 0.15) is 10.5 Å². The minimum Gasteiger partial charge on any atom is -0.497 e.